The van der Waals surface area contributed by atoms with Gasteiger partial charge in [-0.05, 0) is 31.2 Å². The summed E-state index contributed by atoms with van der Waals surface area (Å²) < 4.78 is 45.7. The fourth-order valence-corrected chi connectivity index (χ4v) is 3.91. The van der Waals surface area contributed by atoms with Gasteiger partial charge >= 0.3 is 6.18 Å². The van der Waals surface area contributed by atoms with Crippen LogP contribution in [-0.2, 0) is 11.0 Å². The lowest BCUT2D eigenvalue weighted by Crippen LogP contribution is -2.49. The topological polar surface area (TPSA) is 67.4 Å². The molecule has 1 saturated heterocycles. The molecule has 2 aromatic heterocycles. The van der Waals surface area contributed by atoms with E-state index in [0.29, 0.717) is 38.2 Å². The number of aldehydes is 1. The Morgan fingerprint density at radius 1 is 1.16 bits per heavy atom. The third-order valence-corrected chi connectivity index (χ3v) is 5.81. The number of hydrogen-bond acceptors (Lipinski definition) is 6. The molecular weight excluding hydrogens is 435 g/mol. The molecule has 164 valence electrons. The molecule has 31 heavy (non-hydrogen) atoms. The van der Waals surface area contributed by atoms with Crippen molar-refractivity contribution in [1.29, 1.82) is 0 Å². The van der Waals surface area contributed by atoms with E-state index in [2.05, 4.69) is 15.0 Å². The van der Waals surface area contributed by atoms with Gasteiger partial charge in [0.2, 0.25) is 0 Å². The van der Waals surface area contributed by atoms with Crippen LogP contribution in [0.15, 0.2) is 41.3 Å². The van der Waals surface area contributed by atoms with Gasteiger partial charge in [-0.2, -0.15) is 18.3 Å². The van der Waals surface area contributed by atoms with Gasteiger partial charge in [0, 0.05) is 37.4 Å². The van der Waals surface area contributed by atoms with Crippen LogP contribution >= 0.6 is 11.6 Å². The van der Waals surface area contributed by atoms with Gasteiger partial charge in [-0.3, -0.25) is 9.69 Å². The minimum Gasteiger partial charge on any atom is -0.444 e. The van der Waals surface area contributed by atoms with Crippen molar-refractivity contribution in [3.63, 3.8) is 0 Å². The minimum absolute atomic E-state index is 0.108. The number of carbonyl (C=O) groups is 1. The van der Waals surface area contributed by atoms with Crippen LogP contribution in [-0.4, -0.2) is 52.1 Å². The summed E-state index contributed by atoms with van der Waals surface area (Å²) in [6.45, 7) is 3.59. The van der Waals surface area contributed by atoms with Gasteiger partial charge in [0.25, 0.3) is 0 Å². The summed E-state index contributed by atoms with van der Waals surface area (Å²) in [6.07, 6.45) is -2.03. The van der Waals surface area contributed by atoms with Gasteiger partial charge in [0.1, 0.15) is 0 Å². The molecule has 11 heteroatoms. The largest absolute Gasteiger partial charge is 0.444 e. The lowest BCUT2D eigenvalue weighted by atomic mass is 10.1. The van der Waals surface area contributed by atoms with Gasteiger partial charge in [-0.1, -0.05) is 11.6 Å². The summed E-state index contributed by atoms with van der Waals surface area (Å²) in [5.41, 5.74) is 0.844. The zero-order valence-electron chi connectivity index (χ0n) is 16.5. The molecule has 1 aliphatic heterocycles. The van der Waals surface area contributed by atoms with E-state index in [0.717, 1.165) is 15.9 Å². The number of piperazine rings is 1. The third-order valence-electron chi connectivity index (χ3n) is 5.36. The van der Waals surface area contributed by atoms with E-state index in [9.17, 15) is 18.0 Å². The van der Waals surface area contributed by atoms with E-state index in [-0.39, 0.29) is 5.69 Å². The SMILES string of the molecule is Cc1c(Cl)c(C(F)(F)F)nn1C(C=O)N1CCN(c2ccc(-c3cnco3)cc2)CC1. The van der Waals surface area contributed by atoms with E-state index in [4.69, 9.17) is 16.0 Å². The molecule has 1 fully saturated rings. The van der Waals surface area contributed by atoms with Gasteiger partial charge in [0.05, 0.1) is 16.9 Å². The molecule has 7 nitrogen and oxygen atoms in total. The van der Waals surface area contributed by atoms with Crippen molar-refractivity contribution in [2.24, 2.45) is 0 Å². The van der Waals surface area contributed by atoms with Crippen molar-refractivity contribution < 1.29 is 22.4 Å². The number of carbonyl (C=O) groups excluding carboxylic acids is 1. The lowest BCUT2D eigenvalue weighted by Gasteiger charge is -2.38. The monoisotopic (exact) mass is 453 g/mol. The zero-order valence-corrected chi connectivity index (χ0v) is 17.3. The van der Waals surface area contributed by atoms with E-state index in [1.165, 1.54) is 13.3 Å². The highest BCUT2D eigenvalue weighted by molar-refractivity contribution is 6.32. The number of anilines is 1. The Morgan fingerprint density at radius 3 is 2.35 bits per heavy atom. The first-order chi connectivity index (χ1) is 14.8. The van der Waals surface area contributed by atoms with E-state index >= 15 is 0 Å². The summed E-state index contributed by atoms with van der Waals surface area (Å²) in [5, 5.41) is 3.12. The molecule has 0 saturated carbocycles. The maximum atomic E-state index is 13.1. The van der Waals surface area contributed by atoms with Crippen molar-refractivity contribution in [3.8, 4) is 11.3 Å². The van der Waals surface area contributed by atoms with Crippen LogP contribution in [0, 0.1) is 6.92 Å². The van der Waals surface area contributed by atoms with Crippen LogP contribution in [0.4, 0.5) is 18.9 Å². The molecule has 1 unspecified atom stereocenters. The van der Waals surface area contributed by atoms with E-state index < -0.39 is 23.1 Å². The standard InChI is InChI=1S/C20H19ClF3N5O2/c1-13-18(21)19(20(22,23)24)26-29(13)17(11-30)28-8-6-27(7-9-28)15-4-2-14(3-5-15)16-10-25-12-31-16/h2-5,10-12,17H,6-9H2,1H3. The molecule has 4 rings (SSSR count). The second kappa shape index (κ2) is 8.35. The average Bonchev–Trinajstić information content (AvgIpc) is 3.39. The Hall–Kier alpha value is -2.85. The molecule has 0 aliphatic carbocycles. The first-order valence-corrected chi connectivity index (χ1v) is 9.92. The van der Waals surface area contributed by atoms with Gasteiger partial charge < -0.3 is 9.32 Å². The Balaban J connectivity index is 1.46. The third kappa shape index (κ3) is 4.17. The molecule has 1 aliphatic rings. The number of hydrogen-bond donors (Lipinski definition) is 0. The molecule has 1 atom stereocenters. The first kappa shape index (κ1) is 21.4. The Kier molecular flexibility index (Phi) is 5.76. The maximum Gasteiger partial charge on any atom is 0.436 e. The van der Waals surface area contributed by atoms with Crippen LogP contribution in [0.5, 0.6) is 0 Å². The average molecular weight is 454 g/mol. The number of oxazole rings is 1. The lowest BCUT2D eigenvalue weighted by molar-refractivity contribution is -0.142. The molecule has 0 bridgehead atoms. The summed E-state index contributed by atoms with van der Waals surface area (Å²) in [7, 11) is 0. The molecule has 0 amide bonds. The zero-order chi connectivity index (χ0) is 22.2. The van der Waals surface area contributed by atoms with E-state index in [1.54, 1.807) is 11.1 Å². The highest BCUT2D eigenvalue weighted by Gasteiger charge is 2.39. The van der Waals surface area contributed by atoms with E-state index in [1.807, 2.05) is 24.3 Å². The number of alkyl halides is 3. The predicted molar refractivity (Wildman–Crippen MR) is 108 cm³/mol. The second-order valence-corrected chi connectivity index (χ2v) is 7.55. The fourth-order valence-electron chi connectivity index (χ4n) is 3.68. The van der Waals surface area contributed by atoms with Crippen LogP contribution in [0.3, 0.4) is 0 Å². The molecular formula is C20H19ClF3N5O2. The summed E-state index contributed by atoms with van der Waals surface area (Å²) in [6, 6.07) is 7.81. The predicted octanol–water partition coefficient (Wildman–Crippen LogP) is 4.04. The highest BCUT2D eigenvalue weighted by atomic mass is 35.5. The van der Waals surface area contributed by atoms with Gasteiger partial charge in [-0.25, -0.2) is 9.67 Å². The Labute approximate surface area is 181 Å². The smallest absolute Gasteiger partial charge is 0.436 e. The van der Waals surface area contributed by atoms with Crippen molar-refractivity contribution in [2.75, 3.05) is 31.1 Å². The summed E-state index contributed by atoms with van der Waals surface area (Å²) in [4.78, 5) is 19.6. The van der Waals surface area contributed by atoms with Crippen LogP contribution in [0.25, 0.3) is 11.3 Å². The van der Waals surface area contributed by atoms with Gasteiger partial charge in [0.15, 0.2) is 30.3 Å². The molecule has 3 aromatic rings. The number of halogens is 4. The normalized spacial score (nSPS) is 16.5. The second-order valence-electron chi connectivity index (χ2n) is 7.18. The maximum absolute atomic E-state index is 13.1. The van der Waals surface area contributed by atoms with Crippen LogP contribution < -0.4 is 4.90 Å². The molecule has 0 spiro atoms. The van der Waals surface area contributed by atoms with Crippen molar-refractivity contribution in [3.05, 3.63) is 53.3 Å². The van der Waals surface area contributed by atoms with Crippen LogP contribution in [0.1, 0.15) is 17.6 Å². The summed E-state index contributed by atoms with van der Waals surface area (Å²) >= 11 is 5.83. The van der Waals surface area contributed by atoms with Crippen LogP contribution in [0.2, 0.25) is 5.02 Å². The Morgan fingerprint density at radius 2 is 1.84 bits per heavy atom. The quantitative estimate of drug-likeness (QED) is 0.543. The van der Waals surface area contributed by atoms with Crippen molar-refractivity contribution in [2.45, 2.75) is 19.3 Å². The number of benzene rings is 1. The number of rotatable bonds is 5. The molecule has 1 aromatic carbocycles. The minimum atomic E-state index is -4.68. The molecule has 3 heterocycles. The number of nitrogens with zero attached hydrogens (tertiary/aromatic N) is 5. The molecule has 0 radical (unpaired) electrons. The highest BCUT2D eigenvalue weighted by Crippen LogP contribution is 2.36. The van der Waals surface area contributed by atoms with Crippen molar-refractivity contribution in [1.82, 2.24) is 19.7 Å². The fraction of sp³-hybridized carbons (Fsp3) is 0.350. The Bertz CT molecular complexity index is 1040. The summed E-state index contributed by atoms with van der Waals surface area (Å²) in [5.74, 6) is 0.677. The number of aromatic nitrogens is 3. The first-order valence-electron chi connectivity index (χ1n) is 9.54. The molecule has 0 N–H and O–H groups in total. The van der Waals surface area contributed by atoms with Gasteiger partial charge in [-0.15, -0.1) is 0 Å². The van der Waals surface area contributed by atoms with Crippen molar-refractivity contribution >= 4 is 23.6 Å².